The average Bonchev–Trinajstić information content (AvgIpc) is 2.76. The summed E-state index contributed by atoms with van der Waals surface area (Å²) in [4.78, 5) is 12.5. The van der Waals surface area contributed by atoms with Crippen LogP contribution in [0, 0.1) is 12.3 Å². The number of sulfone groups is 1. The molecule has 0 saturated carbocycles. The molecule has 0 amide bonds. The van der Waals surface area contributed by atoms with Crippen LogP contribution >= 0.6 is 0 Å². The fraction of sp³-hybridized carbons (Fsp3) is 0.519. The van der Waals surface area contributed by atoms with Crippen LogP contribution in [-0.4, -0.2) is 27.6 Å². The van der Waals surface area contributed by atoms with Gasteiger partial charge >= 0.3 is 0 Å². The third-order valence-corrected chi connectivity index (χ3v) is 7.91. The minimum atomic E-state index is -3.63. The summed E-state index contributed by atoms with van der Waals surface area (Å²) in [6.07, 6.45) is 6.24. The molecule has 5 heteroatoms. The number of aryl methyl sites for hydroxylation is 1. The maximum Gasteiger partial charge on any atom is 0.179 e. The summed E-state index contributed by atoms with van der Waals surface area (Å²) in [5, 5.41) is 0. The number of methoxy groups -OCH3 is 1. The lowest BCUT2D eigenvalue weighted by Crippen LogP contribution is -2.32. The second-order valence-corrected chi connectivity index (χ2v) is 10.5. The number of ether oxygens (including phenoxy) is 1. The van der Waals surface area contributed by atoms with Crippen LogP contribution in [-0.2, 0) is 21.1 Å². The predicted octanol–water partition coefficient (Wildman–Crippen LogP) is 6.57. The first-order valence-electron chi connectivity index (χ1n) is 11.2. The Morgan fingerprint density at radius 2 is 1.56 bits per heavy atom. The number of hydrogen-bond acceptors (Lipinski definition) is 4. The normalized spacial score (nSPS) is 11.6. The molecule has 178 valence electrons. The number of hydrogen-bond donors (Lipinski definition) is 0. The van der Waals surface area contributed by atoms with Gasteiger partial charge in [0, 0.05) is 5.41 Å². The SMILES string of the molecule is C.CCCCC(C=O)(CCCC)CS(=O)(=O)c1ccc(C)cc1Cc1ccc(OC)cc1. The van der Waals surface area contributed by atoms with E-state index in [1.54, 1.807) is 13.2 Å². The number of rotatable bonds is 13. The highest BCUT2D eigenvalue weighted by atomic mass is 32.2. The van der Waals surface area contributed by atoms with E-state index in [1.165, 1.54) is 0 Å². The summed E-state index contributed by atoms with van der Waals surface area (Å²) < 4.78 is 32.4. The lowest BCUT2D eigenvalue weighted by atomic mass is 9.81. The molecular weight excluding hydrogens is 420 g/mol. The van der Waals surface area contributed by atoms with Crippen molar-refractivity contribution in [1.29, 1.82) is 0 Å². The molecule has 0 heterocycles. The van der Waals surface area contributed by atoms with Crippen molar-refractivity contribution in [2.75, 3.05) is 12.9 Å². The Bertz CT molecular complexity index is 938. The molecule has 0 fully saturated rings. The van der Waals surface area contributed by atoms with Crippen molar-refractivity contribution < 1.29 is 17.9 Å². The molecule has 0 atom stereocenters. The van der Waals surface area contributed by atoms with Crippen LogP contribution in [0.1, 0.15) is 76.5 Å². The van der Waals surface area contributed by atoms with Crippen LogP contribution in [0.25, 0.3) is 0 Å². The van der Waals surface area contributed by atoms with Crippen molar-refractivity contribution >= 4 is 16.1 Å². The van der Waals surface area contributed by atoms with Gasteiger partial charge in [-0.05, 0) is 55.5 Å². The number of aldehydes is 1. The maximum atomic E-state index is 13.6. The van der Waals surface area contributed by atoms with Gasteiger partial charge in [-0.25, -0.2) is 8.42 Å². The first kappa shape index (κ1) is 27.9. The number of carbonyl (C=O) groups excluding carboxylic acids is 1. The topological polar surface area (TPSA) is 60.4 Å². The van der Waals surface area contributed by atoms with Crippen LogP contribution in [0.4, 0.5) is 0 Å². The molecule has 0 bridgehead atoms. The molecule has 0 radical (unpaired) electrons. The van der Waals surface area contributed by atoms with Gasteiger partial charge in [-0.2, -0.15) is 0 Å². The van der Waals surface area contributed by atoms with Gasteiger partial charge in [-0.3, -0.25) is 0 Å². The molecule has 32 heavy (non-hydrogen) atoms. The van der Waals surface area contributed by atoms with E-state index in [0.29, 0.717) is 24.2 Å². The van der Waals surface area contributed by atoms with E-state index in [0.717, 1.165) is 54.4 Å². The molecule has 2 rings (SSSR count). The fourth-order valence-corrected chi connectivity index (χ4v) is 6.12. The lowest BCUT2D eigenvalue weighted by Gasteiger charge is -2.28. The Morgan fingerprint density at radius 1 is 0.969 bits per heavy atom. The third kappa shape index (κ3) is 7.47. The zero-order valence-corrected chi connectivity index (χ0v) is 20.1. The second kappa shape index (κ2) is 12.8. The molecular formula is C27H40O4S. The van der Waals surface area contributed by atoms with Gasteiger partial charge in [0.2, 0.25) is 0 Å². The molecule has 0 aliphatic rings. The summed E-state index contributed by atoms with van der Waals surface area (Å²) in [5.74, 6) is 0.644. The number of unbranched alkanes of at least 4 members (excludes halogenated alkanes) is 2. The molecule has 0 spiro atoms. The van der Waals surface area contributed by atoms with Gasteiger partial charge in [-0.15, -0.1) is 0 Å². The predicted molar refractivity (Wildman–Crippen MR) is 133 cm³/mol. The van der Waals surface area contributed by atoms with Gasteiger partial charge in [0.15, 0.2) is 9.84 Å². The molecule has 2 aromatic carbocycles. The van der Waals surface area contributed by atoms with E-state index in [9.17, 15) is 13.2 Å². The standard InChI is InChI=1S/C26H36O4S.CH4/c1-5-7-15-26(19-27,16-8-6-2)20-31(28,29)25-14-9-21(3)17-23(25)18-22-10-12-24(30-4)13-11-22;/h9-14,17,19H,5-8,15-16,18,20H2,1-4H3;1H4. The van der Waals surface area contributed by atoms with Crippen molar-refractivity contribution in [2.24, 2.45) is 5.41 Å². The third-order valence-electron chi connectivity index (χ3n) is 5.89. The quantitative estimate of drug-likeness (QED) is 0.317. The molecule has 0 saturated heterocycles. The summed E-state index contributed by atoms with van der Waals surface area (Å²) in [6, 6.07) is 13.2. The molecule has 2 aromatic rings. The van der Waals surface area contributed by atoms with Crippen molar-refractivity contribution in [3.8, 4) is 5.75 Å². The maximum absolute atomic E-state index is 13.6. The van der Waals surface area contributed by atoms with Crippen LogP contribution < -0.4 is 4.74 Å². The highest BCUT2D eigenvalue weighted by Gasteiger charge is 2.36. The highest BCUT2D eigenvalue weighted by Crippen LogP contribution is 2.34. The van der Waals surface area contributed by atoms with Gasteiger partial charge in [0.25, 0.3) is 0 Å². The van der Waals surface area contributed by atoms with E-state index in [2.05, 4.69) is 13.8 Å². The van der Waals surface area contributed by atoms with Crippen molar-refractivity contribution in [1.82, 2.24) is 0 Å². The second-order valence-electron chi connectivity index (χ2n) is 8.58. The van der Waals surface area contributed by atoms with Crippen LogP contribution in [0.5, 0.6) is 5.75 Å². The molecule has 0 aliphatic carbocycles. The molecule has 0 N–H and O–H groups in total. The number of benzene rings is 2. The monoisotopic (exact) mass is 460 g/mol. The average molecular weight is 461 g/mol. The Labute approximate surface area is 195 Å². The summed E-state index contributed by atoms with van der Waals surface area (Å²) in [6.45, 7) is 6.10. The van der Waals surface area contributed by atoms with Crippen LogP contribution in [0.3, 0.4) is 0 Å². The minimum Gasteiger partial charge on any atom is -0.497 e. The lowest BCUT2D eigenvalue weighted by molar-refractivity contribution is -0.116. The first-order valence-corrected chi connectivity index (χ1v) is 12.9. The Balaban J connectivity index is 0.00000512. The first-order chi connectivity index (χ1) is 14.8. The van der Waals surface area contributed by atoms with Gasteiger partial charge < -0.3 is 9.53 Å². The van der Waals surface area contributed by atoms with Gasteiger partial charge in [0.05, 0.1) is 17.8 Å². The zero-order chi connectivity index (χ0) is 22.9. The summed E-state index contributed by atoms with van der Waals surface area (Å²) >= 11 is 0. The van der Waals surface area contributed by atoms with Crippen LogP contribution in [0.2, 0.25) is 0 Å². The Hall–Kier alpha value is -2.14. The Morgan fingerprint density at radius 3 is 2.06 bits per heavy atom. The summed E-state index contributed by atoms with van der Waals surface area (Å²) in [7, 11) is -2.01. The largest absolute Gasteiger partial charge is 0.497 e. The van der Waals surface area contributed by atoms with Gasteiger partial charge in [-0.1, -0.05) is 76.8 Å². The van der Waals surface area contributed by atoms with E-state index in [4.69, 9.17) is 4.74 Å². The van der Waals surface area contributed by atoms with E-state index < -0.39 is 15.3 Å². The molecule has 0 unspecified atom stereocenters. The van der Waals surface area contributed by atoms with E-state index >= 15 is 0 Å². The van der Waals surface area contributed by atoms with Crippen LogP contribution in [0.15, 0.2) is 47.4 Å². The smallest absolute Gasteiger partial charge is 0.179 e. The summed E-state index contributed by atoms with van der Waals surface area (Å²) in [5.41, 5.74) is 1.99. The molecule has 0 aromatic heterocycles. The van der Waals surface area contributed by atoms with E-state index in [1.807, 2.05) is 43.3 Å². The van der Waals surface area contributed by atoms with Gasteiger partial charge in [0.1, 0.15) is 12.0 Å². The minimum absolute atomic E-state index is 0. The highest BCUT2D eigenvalue weighted by molar-refractivity contribution is 7.91. The zero-order valence-electron chi connectivity index (χ0n) is 19.3. The van der Waals surface area contributed by atoms with Crippen molar-refractivity contribution in [3.05, 3.63) is 59.2 Å². The number of carbonyl (C=O) groups is 1. The van der Waals surface area contributed by atoms with E-state index in [-0.39, 0.29) is 13.2 Å². The Kier molecular flexibility index (Phi) is 11.1. The molecule has 4 nitrogen and oxygen atoms in total. The van der Waals surface area contributed by atoms with Crippen molar-refractivity contribution in [2.45, 2.75) is 78.0 Å². The fourth-order valence-electron chi connectivity index (χ4n) is 4.05. The van der Waals surface area contributed by atoms with Crippen molar-refractivity contribution in [3.63, 3.8) is 0 Å². The molecule has 0 aliphatic heterocycles.